The van der Waals surface area contributed by atoms with Gasteiger partial charge in [-0.2, -0.15) is 0 Å². The number of hydrogen-bond acceptors (Lipinski definition) is 3. The Kier molecular flexibility index (Phi) is 4.18. The fourth-order valence-corrected chi connectivity index (χ4v) is 3.67. The molecule has 1 N–H and O–H groups in total. The van der Waals surface area contributed by atoms with Crippen molar-refractivity contribution < 1.29 is 8.42 Å². The Morgan fingerprint density at radius 2 is 1.65 bits per heavy atom. The molecule has 2 rings (SSSR count). The first-order valence-corrected chi connectivity index (χ1v) is 8.34. The van der Waals surface area contributed by atoms with E-state index in [4.69, 9.17) is 0 Å². The lowest BCUT2D eigenvalue weighted by Gasteiger charge is -2.16. The minimum absolute atomic E-state index is 0.162. The number of nitrogens with zero attached hydrogens (tertiary/aromatic N) is 1. The molecule has 4 nitrogen and oxygen atoms in total. The van der Waals surface area contributed by atoms with Crippen LogP contribution in [-0.2, 0) is 9.84 Å². The second kappa shape index (κ2) is 5.71. The standard InChI is InChI=1S/C15H20N2O2S/c1-4-11-20(18,19)15-8-6-5-7-14(15)16-17-12(2)9-10-13(17)3/h5-10,16H,4,11H2,1-3H3. The lowest BCUT2D eigenvalue weighted by molar-refractivity contribution is 0.595. The third kappa shape index (κ3) is 2.88. The van der Waals surface area contributed by atoms with Gasteiger partial charge in [0.1, 0.15) is 0 Å². The van der Waals surface area contributed by atoms with Gasteiger partial charge in [0.05, 0.1) is 16.3 Å². The first-order chi connectivity index (χ1) is 9.45. The molecule has 0 amide bonds. The Hall–Kier alpha value is -1.75. The zero-order valence-corrected chi connectivity index (χ0v) is 12.9. The van der Waals surface area contributed by atoms with Gasteiger partial charge in [0.2, 0.25) is 0 Å². The van der Waals surface area contributed by atoms with Crippen LogP contribution in [0.25, 0.3) is 0 Å². The molecule has 0 bridgehead atoms. The maximum absolute atomic E-state index is 12.3. The summed E-state index contributed by atoms with van der Waals surface area (Å²) in [6, 6.07) is 11.0. The zero-order chi connectivity index (χ0) is 14.8. The molecule has 0 fully saturated rings. The Balaban J connectivity index is 2.44. The third-order valence-electron chi connectivity index (χ3n) is 3.20. The Bertz CT molecular complexity index is 683. The van der Waals surface area contributed by atoms with Gasteiger partial charge >= 0.3 is 0 Å². The molecular formula is C15H20N2O2S. The first-order valence-electron chi connectivity index (χ1n) is 6.69. The molecule has 1 aromatic heterocycles. The van der Waals surface area contributed by atoms with Gasteiger partial charge < -0.3 is 0 Å². The number of rotatable bonds is 5. The minimum Gasteiger partial charge on any atom is -0.293 e. The number of sulfone groups is 1. The monoisotopic (exact) mass is 292 g/mol. The molecule has 1 heterocycles. The molecule has 5 heteroatoms. The topological polar surface area (TPSA) is 51.1 Å². The lowest BCUT2D eigenvalue weighted by atomic mass is 10.3. The van der Waals surface area contributed by atoms with Gasteiger partial charge in [0, 0.05) is 11.4 Å². The van der Waals surface area contributed by atoms with Crippen LogP contribution in [-0.4, -0.2) is 18.8 Å². The van der Waals surface area contributed by atoms with Crippen LogP contribution in [0.5, 0.6) is 0 Å². The second-order valence-corrected chi connectivity index (χ2v) is 6.96. The molecule has 0 aliphatic carbocycles. The van der Waals surface area contributed by atoms with E-state index in [0.29, 0.717) is 17.0 Å². The van der Waals surface area contributed by atoms with Crippen molar-refractivity contribution in [1.29, 1.82) is 0 Å². The van der Waals surface area contributed by atoms with E-state index in [0.717, 1.165) is 11.4 Å². The van der Waals surface area contributed by atoms with E-state index in [1.165, 1.54) is 0 Å². The summed E-state index contributed by atoms with van der Waals surface area (Å²) in [5.41, 5.74) is 5.87. The number of aromatic nitrogens is 1. The highest BCUT2D eigenvalue weighted by molar-refractivity contribution is 7.91. The highest BCUT2D eigenvalue weighted by Crippen LogP contribution is 2.23. The number of hydrogen-bond donors (Lipinski definition) is 1. The van der Waals surface area contributed by atoms with E-state index in [-0.39, 0.29) is 5.75 Å². The summed E-state index contributed by atoms with van der Waals surface area (Å²) in [5.74, 6) is 0.162. The largest absolute Gasteiger partial charge is 0.293 e. The number of anilines is 1. The molecule has 1 aromatic carbocycles. The lowest BCUT2D eigenvalue weighted by Crippen LogP contribution is -2.16. The fraction of sp³-hybridized carbons (Fsp3) is 0.333. The van der Waals surface area contributed by atoms with Gasteiger partial charge in [-0.1, -0.05) is 19.1 Å². The number of nitrogens with one attached hydrogen (secondary N) is 1. The molecule has 2 aromatic rings. The van der Waals surface area contributed by atoms with Gasteiger partial charge in [-0.05, 0) is 44.5 Å². The zero-order valence-electron chi connectivity index (χ0n) is 12.1. The smallest absolute Gasteiger partial charge is 0.180 e. The predicted molar refractivity (Wildman–Crippen MR) is 81.7 cm³/mol. The van der Waals surface area contributed by atoms with Crippen LogP contribution in [0.15, 0.2) is 41.3 Å². The Morgan fingerprint density at radius 3 is 2.25 bits per heavy atom. The van der Waals surface area contributed by atoms with Crippen LogP contribution in [0.1, 0.15) is 24.7 Å². The maximum atomic E-state index is 12.3. The van der Waals surface area contributed by atoms with Crippen molar-refractivity contribution in [3.05, 3.63) is 47.8 Å². The van der Waals surface area contributed by atoms with E-state index in [2.05, 4.69) is 5.43 Å². The van der Waals surface area contributed by atoms with Crippen molar-refractivity contribution >= 4 is 15.5 Å². The summed E-state index contributed by atoms with van der Waals surface area (Å²) >= 11 is 0. The summed E-state index contributed by atoms with van der Waals surface area (Å²) < 4.78 is 26.5. The molecule has 0 aliphatic rings. The molecule has 0 spiro atoms. The summed E-state index contributed by atoms with van der Waals surface area (Å²) in [7, 11) is -3.25. The van der Waals surface area contributed by atoms with Gasteiger partial charge in [-0.15, -0.1) is 0 Å². The molecule has 0 unspecified atom stereocenters. The quantitative estimate of drug-likeness (QED) is 0.921. The van der Waals surface area contributed by atoms with E-state index < -0.39 is 9.84 Å². The fourth-order valence-electron chi connectivity index (χ4n) is 2.17. The molecular weight excluding hydrogens is 272 g/mol. The minimum atomic E-state index is -3.25. The van der Waals surface area contributed by atoms with Crippen molar-refractivity contribution in [2.24, 2.45) is 0 Å². The van der Waals surface area contributed by atoms with Gasteiger partial charge in [0.15, 0.2) is 9.84 Å². The van der Waals surface area contributed by atoms with Crippen molar-refractivity contribution in [3.63, 3.8) is 0 Å². The maximum Gasteiger partial charge on any atom is 0.180 e. The van der Waals surface area contributed by atoms with E-state index in [1.54, 1.807) is 18.2 Å². The van der Waals surface area contributed by atoms with E-state index in [9.17, 15) is 8.42 Å². The summed E-state index contributed by atoms with van der Waals surface area (Å²) in [6.45, 7) is 5.82. The van der Waals surface area contributed by atoms with Gasteiger partial charge in [0.25, 0.3) is 0 Å². The van der Waals surface area contributed by atoms with Gasteiger partial charge in [-0.3, -0.25) is 10.1 Å². The predicted octanol–water partition coefficient (Wildman–Crippen LogP) is 3.16. The highest BCUT2D eigenvalue weighted by Gasteiger charge is 2.17. The van der Waals surface area contributed by atoms with Crippen molar-refractivity contribution in [2.45, 2.75) is 32.1 Å². The van der Waals surface area contributed by atoms with Crippen LogP contribution in [0.2, 0.25) is 0 Å². The molecule has 0 radical (unpaired) electrons. The van der Waals surface area contributed by atoms with Crippen LogP contribution in [0, 0.1) is 13.8 Å². The van der Waals surface area contributed by atoms with Crippen molar-refractivity contribution in [3.8, 4) is 0 Å². The molecule has 0 atom stereocenters. The molecule has 20 heavy (non-hydrogen) atoms. The Labute approximate surface area is 120 Å². The molecule has 0 aliphatic heterocycles. The average Bonchev–Trinajstić information content (AvgIpc) is 2.71. The first kappa shape index (κ1) is 14.7. The third-order valence-corrected chi connectivity index (χ3v) is 5.17. The molecule has 0 saturated heterocycles. The van der Waals surface area contributed by atoms with Crippen molar-refractivity contribution in [1.82, 2.24) is 4.68 Å². The summed E-state index contributed by atoms with van der Waals surface area (Å²) in [6.07, 6.45) is 0.609. The van der Waals surface area contributed by atoms with Crippen LogP contribution < -0.4 is 5.43 Å². The summed E-state index contributed by atoms with van der Waals surface area (Å²) in [5, 5.41) is 0. The Morgan fingerprint density at radius 1 is 1.05 bits per heavy atom. The van der Waals surface area contributed by atoms with E-state index >= 15 is 0 Å². The van der Waals surface area contributed by atoms with Crippen molar-refractivity contribution in [2.75, 3.05) is 11.2 Å². The number of benzene rings is 1. The average molecular weight is 292 g/mol. The van der Waals surface area contributed by atoms with E-state index in [1.807, 2.05) is 43.6 Å². The van der Waals surface area contributed by atoms with Crippen LogP contribution in [0.4, 0.5) is 5.69 Å². The second-order valence-electron chi connectivity index (χ2n) is 4.88. The normalized spacial score (nSPS) is 11.6. The number of aryl methyl sites for hydroxylation is 2. The number of para-hydroxylation sites is 1. The highest BCUT2D eigenvalue weighted by atomic mass is 32.2. The van der Waals surface area contributed by atoms with Gasteiger partial charge in [-0.25, -0.2) is 8.42 Å². The summed E-state index contributed by atoms with van der Waals surface area (Å²) in [4.78, 5) is 0.356. The van der Waals surface area contributed by atoms with Crippen LogP contribution >= 0.6 is 0 Å². The van der Waals surface area contributed by atoms with Crippen LogP contribution in [0.3, 0.4) is 0 Å². The molecule has 108 valence electrons. The molecule has 0 saturated carbocycles. The SMILES string of the molecule is CCCS(=O)(=O)c1ccccc1Nn1c(C)ccc1C.